The van der Waals surface area contributed by atoms with Gasteiger partial charge in [0.05, 0.1) is 6.61 Å². The van der Waals surface area contributed by atoms with Crippen LogP contribution >= 0.6 is 0 Å². The molecule has 0 aliphatic carbocycles. The second-order valence-electron chi connectivity index (χ2n) is 3.87. The van der Waals surface area contributed by atoms with Gasteiger partial charge in [-0.25, -0.2) is 0 Å². The molecule has 0 aromatic rings. The maximum absolute atomic E-state index is 9.41. The molecule has 0 bridgehead atoms. The van der Waals surface area contributed by atoms with Gasteiger partial charge in [-0.2, -0.15) is 0 Å². The normalized spacial score (nSPS) is 12.4. The highest BCUT2D eigenvalue weighted by atomic mass is 16.7. The molecule has 0 atom stereocenters. The van der Waals surface area contributed by atoms with Crippen LogP contribution in [0.15, 0.2) is 0 Å². The molecule has 0 radical (unpaired) electrons. The van der Waals surface area contributed by atoms with Crippen LogP contribution in [-0.4, -0.2) is 43.3 Å². The molecule has 0 aliphatic heterocycles. The molecule has 0 aromatic heterocycles. The van der Waals surface area contributed by atoms with Crippen LogP contribution in [0, 0.1) is 0 Å². The summed E-state index contributed by atoms with van der Waals surface area (Å²) in [7, 11) is 0. The van der Waals surface area contributed by atoms with Crippen molar-refractivity contribution in [1.29, 1.82) is 0 Å². The lowest BCUT2D eigenvalue weighted by Crippen LogP contribution is -2.51. The first-order valence-corrected chi connectivity index (χ1v) is 6.27. The molecule has 0 saturated carbocycles. The molecule has 0 saturated heterocycles. The third-order valence-electron chi connectivity index (χ3n) is 3.01. The largest absolute Gasteiger partial charge is 0.394 e. The third kappa shape index (κ3) is 5.25. The Labute approximate surface area is 99.3 Å². The van der Waals surface area contributed by atoms with Crippen LogP contribution in [0.4, 0.5) is 0 Å². The average Bonchev–Trinajstić information content (AvgIpc) is 2.32. The Morgan fingerprint density at radius 2 is 1.56 bits per heavy atom. The molecular weight excluding hydrogens is 206 g/mol. The van der Waals surface area contributed by atoms with Gasteiger partial charge < -0.3 is 19.9 Å². The second kappa shape index (κ2) is 8.93. The lowest BCUT2D eigenvalue weighted by Gasteiger charge is -2.32. The zero-order valence-electron chi connectivity index (χ0n) is 11.1. The van der Waals surface area contributed by atoms with Crippen LogP contribution < -0.4 is 5.32 Å². The predicted molar refractivity (Wildman–Crippen MR) is 65.4 cm³/mol. The Kier molecular flexibility index (Phi) is 8.84. The molecule has 0 aromatic carbocycles. The van der Waals surface area contributed by atoms with Gasteiger partial charge in [-0.3, -0.25) is 0 Å². The van der Waals surface area contributed by atoms with Crippen molar-refractivity contribution >= 4 is 0 Å². The Bertz CT molecular complexity index is 146. The summed E-state index contributed by atoms with van der Waals surface area (Å²) < 4.78 is 10.9. The molecular formula is C12H27NO3. The number of aliphatic hydroxyl groups excluding tert-OH is 1. The highest BCUT2D eigenvalue weighted by Gasteiger charge is 2.25. The molecule has 2 N–H and O–H groups in total. The van der Waals surface area contributed by atoms with Crippen molar-refractivity contribution in [2.24, 2.45) is 0 Å². The number of nitrogens with one attached hydrogen (secondary N) is 1. The first-order valence-electron chi connectivity index (χ1n) is 6.27. The number of hydrogen-bond donors (Lipinski definition) is 2. The van der Waals surface area contributed by atoms with Crippen LogP contribution in [0.1, 0.15) is 40.5 Å². The van der Waals surface area contributed by atoms with Crippen LogP contribution in [0.3, 0.4) is 0 Å². The summed E-state index contributed by atoms with van der Waals surface area (Å²) in [5, 5.41) is 12.8. The van der Waals surface area contributed by atoms with Crippen molar-refractivity contribution in [3.8, 4) is 0 Å². The first-order chi connectivity index (χ1) is 7.67. The minimum atomic E-state index is -0.223. The summed E-state index contributed by atoms with van der Waals surface area (Å²) in [6, 6.07) is 0. The van der Waals surface area contributed by atoms with Gasteiger partial charge in [0.1, 0.15) is 0 Å². The first kappa shape index (κ1) is 15.8. The summed E-state index contributed by atoms with van der Waals surface area (Å²) >= 11 is 0. The van der Waals surface area contributed by atoms with E-state index in [-0.39, 0.29) is 18.4 Å². The monoisotopic (exact) mass is 233 g/mol. The Balaban J connectivity index is 4.13. The summed E-state index contributed by atoms with van der Waals surface area (Å²) in [4.78, 5) is 0. The van der Waals surface area contributed by atoms with E-state index in [0.717, 1.165) is 12.8 Å². The minimum absolute atomic E-state index is 0.144. The number of hydrogen-bond acceptors (Lipinski definition) is 4. The quantitative estimate of drug-likeness (QED) is 0.562. The fourth-order valence-corrected chi connectivity index (χ4v) is 1.62. The van der Waals surface area contributed by atoms with Gasteiger partial charge in [-0.15, -0.1) is 0 Å². The average molecular weight is 233 g/mol. The molecule has 0 spiro atoms. The van der Waals surface area contributed by atoms with Crippen molar-refractivity contribution in [1.82, 2.24) is 5.32 Å². The van der Waals surface area contributed by atoms with Gasteiger partial charge in [0.15, 0.2) is 6.29 Å². The van der Waals surface area contributed by atoms with Crippen molar-refractivity contribution in [3.05, 3.63) is 0 Å². The lowest BCUT2D eigenvalue weighted by atomic mass is 9.94. The van der Waals surface area contributed by atoms with E-state index in [2.05, 4.69) is 19.2 Å². The topological polar surface area (TPSA) is 50.7 Å². The van der Waals surface area contributed by atoms with Crippen LogP contribution in [0.25, 0.3) is 0 Å². The second-order valence-corrected chi connectivity index (χ2v) is 3.87. The molecule has 0 unspecified atom stereocenters. The van der Waals surface area contributed by atoms with Crippen molar-refractivity contribution in [2.75, 3.05) is 26.4 Å². The summed E-state index contributed by atoms with van der Waals surface area (Å²) in [6.45, 7) is 10.1. The van der Waals surface area contributed by atoms with Crippen LogP contribution in [-0.2, 0) is 9.47 Å². The highest BCUT2D eigenvalue weighted by molar-refractivity contribution is 4.84. The molecule has 0 rings (SSSR count). The number of aliphatic hydroxyl groups is 1. The van der Waals surface area contributed by atoms with Gasteiger partial charge in [0.25, 0.3) is 0 Å². The molecule has 98 valence electrons. The van der Waals surface area contributed by atoms with Crippen molar-refractivity contribution in [3.63, 3.8) is 0 Å². The molecule has 0 fully saturated rings. The van der Waals surface area contributed by atoms with Crippen LogP contribution in [0.5, 0.6) is 0 Å². The summed E-state index contributed by atoms with van der Waals surface area (Å²) in [5.74, 6) is 0. The van der Waals surface area contributed by atoms with Gasteiger partial charge in [0.2, 0.25) is 0 Å². The SMILES string of the molecule is CCOC(CNC(CC)(CC)CO)OCC. The van der Waals surface area contributed by atoms with Gasteiger partial charge >= 0.3 is 0 Å². The zero-order chi connectivity index (χ0) is 12.4. The van der Waals surface area contributed by atoms with Crippen molar-refractivity contribution in [2.45, 2.75) is 52.4 Å². The summed E-state index contributed by atoms with van der Waals surface area (Å²) in [5.41, 5.74) is -0.202. The van der Waals surface area contributed by atoms with E-state index in [1.165, 1.54) is 0 Å². The molecule has 0 heterocycles. The fraction of sp³-hybridized carbons (Fsp3) is 1.00. The molecule has 0 aliphatic rings. The number of ether oxygens (including phenoxy) is 2. The van der Waals surface area contributed by atoms with Crippen molar-refractivity contribution < 1.29 is 14.6 Å². The van der Waals surface area contributed by atoms with E-state index < -0.39 is 0 Å². The minimum Gasteiger partial charge on any atom is -0.394 e. The predicted octanol–water partition coefficient (Wildman–Crippen LogP) is 1.53. The van der Waals surface area contributed by atoms with E-state index in [4.69, 9.17) is 9.47 Å². The zero-order valence-corrected chi connectivity index (χ0v) is 11.1. The molecule has 4 nitrogen and oxygen atoms in total. The number of rotatable bonds is 10. The lowest BCUT2D eigenvalue weighted by molar-refractivity contribution is -0.136. The van der Waals surface area contributed by atoms with E-state index in [1.807, 2.05) is 13.8 Å². The standard InChI is InChI=1S/C12H27NO3/c1-5-12(6-2,10-14)13-9-11(15-7-3)16-8-4/h11,13-14H,5-10H2,1-4H3. The van der Waals surface area contributed by atoms with Crippen LogP contribution in [0.2, 0.25) is 0 Å². The molecule has 16 heavy (non-hydrogen) atoms. The molecule has 0 amide bonds. The maximum Gasteiger partial charge on any atom is 0.169 e. The van der Waals surface area contributed by atoms with E-state index in [0.29, 0.717) is 19.8 Å². The van der Waals surface area contributed by atoms with E-state index in [9.17, 15) is 5.11 Å². The van der Waals surface area contributed by atoms with E-state index in [1.54, 1.807) is 0 Å². The maximum atomic E-state index is 9.41. The summed E-state index contributed by atoms with van der Waals surface area (Å²) in [6.07, 6.45) is 1.56. The van der Waals surface area contributed by atoms with Gasteiger partial charge in [0, 0.05) is 25.3 Å². The van der Waals surface area contributed by atoms with Gasteiger partial charge in [-0.1, -0.05) is 13.8 Å². The Morgan fingerprint density at radius 1 is 1.06 bits per heavy atom. The fourth-order valence-electron chi connectivity index (χ4n) is 1.62. The Hall–Kier alpha value is -0.160. The Morgan fingerprint density at radius 3 is 1.88 bits per heavy atom. The highest BCUT2D eigenvalue weighted by Crippen LogP contribution is 2.14. The van der Waals surface area contributed by atoms with Gasteiger partial charge in [-0.05, 0) is 26.7 Å². The van der Waals surface area contributed by atoms with E-state index >= 15 is 0 Å². The smallest absolute Gasteiger partial charge is 0.169 e. The molecule has 4 heteroatoms. The third-order valence-corrected chi connectivity index (χ3v) is 3.01.